The van der Waals surface area contributed by atoms with Crippen LogP contribution in [0.4, 0.5) is 21.0 Å². The molecule has 4 aromatic rings. The molecule has 2 aromatic carbocycles. The quantitative estimate of drug-likeness (QED) is 0.428. The van der Waals surface area contributed by atoms with Crippen molar-refractivity contribution in [2.24, 2.45) is 0 Å². The normalized spacial score (nSPS) is 11.5. The van der Waals surface area contributed by atoms with E-state index in [1.807, 2.05) is 45.0 Å². The topological polar surface area (TPSA) is 88.9 Å². The molecule has 0 aliphatic heterocycles. The Morgan fingerprint density at radius 1 is 1.06 bits per heavy atom. The Bertz CT molecular complexity index is 1330. The van der Waals surface area contributed by atoms with E-state index in [0.29, 0.717) is 11.5 Å². The molecule has 0 fully saturated rings. The number of nitrogens with zero attached hydrogens (tertiary/aromatic N) is 3. The van der Waals surface area contributed by atoms with Crippen molar-refractivity contribution in [3.05, 3.63) is 76.7 Å². The summed E-state index contributed by atoms with van der Waals surface area (Å²) in [5.41, 5.74) is 4.22. The molecule has 0 amide bonds. The summed E-state index contributed by atoms with van der Waals surface area (Å²) >= 11 is 1.11. The summed E-state index contributed by atoms with van der Waals surface area (Å²) in [4.78, 5) is 3.42. The summed E-state index contributed by atoms with van der Waals surface area (Å²) in [6.07, 6.45) is 1.47. The summed E-state index contributed by atoms with van der Waals surface area (Å²) in [7, 11) is -4.08. The van der Waals surface area contributed by atoms with Gasteiger partial charge in [0.1, 0.15) is 16.5 Å². The maximum Gasteiger partial charge on any atom is 0.266 e. The zero-order valence-electron chi connectivity index (χ0n) is 17.0. The lowest BCUT2D eigenvalue weighted by Crippen LogP contribution is -2.14. The highest BCUT2D eigenvalue weighted by Crippen LogP contribution is 2.28. The molecule has 0 atom stereocenters. The van der Waals surface area contributed by atoms with Crippen molar-refractivity contribution in [1.82, 2.24) is 14.8 Å². The number of rotatable bonds is 6. The number of aryl methyl sites for hydroxylation is 3. The van der Waals surface area contributed by atoms with Gasteiger partial charge >= 0.3 is 0 Å². The van der Waals surface area contributed by atoms with Gasteiger partial charge in [-0.05, 0) is 50.1 Å². The van der Waals surface area contributed by atoms with Gasteiger partial charge < -0.3 is 5.32 Å². The third-order valence-corrected chi connectivity index (χ3v) is 6.82. The van der Waals surface area contributed by atoms with Crippen molar-refractivity contribution in [3.8, 4) is 5.69 Å². The van der Waals surface area contributed by atoms with Crippen molar-refractivity contribution in [2.75, 3.05) is 10.0 Å². The molecule has 0 aliphatic carbocycles. The molecule has 0 saturated heterocycles. The Kier molecular flexibility index (Phi) is 5.50. The molecule has 0 bridgehead atoms. The maximum absolute atomic E-state index is 14.7. The summed E-state index contributed by atoms with van der Waals surface area (Å²) in [5.74, 6) is -0.227. The molecule has 0 spiro atoms. The van der Waals surface area contributed by atoms with E-state index < -0.39 is 20.7 Å². The molecule has 31 heavy (non-hydrogen) atoms. The minimum absolute atomic E-state index is 0.176. The van der Waals surface area contributed by atoms with Crippen molar-refractivity contribution in [2.45, 2.75) is 25.7 Å². The molecule has 2 N–H and O–H groups in total. The van der Waals surface area contributed by atoms with E-state index in [-0.39, 0.29) is 5.13 Å². The number of nitrogens with one attached hydrogen (secondary N) is 2. The highest BCUT2D eigenvalue weighted by Gasteiger charge is 2.21. The highest BCUT2D eigenvalue weighted by atomic mass is 32.2. The molecular formula is C21H20FN5O2S2. The number of hydrogen-bond acceptors (Lipinski definition) is 6. The molecule has 2 aromatic heterocycles. The van der Waals surface area contributed by atoms with Crippen LogP contribution in [0.5, 0.6) is 0 Å². The minimum Gasteiger partial charge on any atom is -0.340 e. The number of hydrogen-bond donors (Lipinski definition) is 2. The van der Waals surface area contributed by atoms with Crippen molar-refractivity contribution < 1.29 is 12.8 Å². The highest BCUT2D eigenvalue weighted by molar-refractivity contribution is 7.93. The Morgan fingerprint density at radius 2 is 1.81 bits per heavy atom. The van der Waals surface area contributed by atoms with Gasteiger partial charge in [-0.25, -0.2) is 22.5 Å². The Hall–Kier alpha value is -3.24. The van der Waals surface area contributed by atoms with Crippen LogP contribution in [0.3, 0.4) is 0 Å². The fraction of sp³-hybridized carbons (Fsp3) is 0.143. The van der Waals surface area contributed by atoms with Gasteiger partial charge in [0.2, 0.25) is 0 Å². The van der Waals surface area contributed by atoms with Crippen LogP contribution in [0.2, 0.25) is 0 Å². The van der Waals surface area contributed by atoms with E-state index in [2.05, 4.69) is 20.1 Å². The largest absolute Gasteiger partial charge is 0.340 e. The number of halogens is 1. The van der Waals surface area contributed by atoms with Crippen molar-refractivity contribution in [3.63, 3.8) is 0 Å². The van der Waals surface area contributed by atoms with E-state index >= 15 is 0 Å². The minimum atomic E-state index is -4.08. The molecule has 10 heteroatoms. The van der Waals surface area contributed by atoms with E-state index in [1.165, 1.54) is 18.3 Å². The lowest BCUT2D eigenvalue weighted by Gasteiger charge is -2.15. The fourth-order valence-electron chi connectivity index (χ4n) is 3.29. The molecule has 4 rings (SSSR count). The van der Waals surface area contributed by atoms with Crippen LogP contribution in [0, 0.1) is 26.6 Å². The maximum atomic E-state index is 14.7. The standard InChI is InChI=1S/C21H20FN5O2S2/c1-13-5-4-6-14(2)20(13)27-19(11-15(3)25-27)24-16-7-8-18(17(22)12-16)31(28,29)26-21-23-9-10-30-21/h4-12,24H,1-3H3,(H,23,26). The van der Waals surface area contributed by atoms with Gasteiger partial charge in [0.15, 0.2) is 5.13 Å². The van der Waals surface area contributed by atoms with Crippen LogP contribution in [0.25, 0.3) is 5.69 Å². The third-order valence-electron chi connectivity index (χ3n) is 4.63. The monoisotopic (exact) mass is 457 g/mol. The van der Waals surface area contributed by atoms with Gasteiger partial charge in [-0.3, -0.25) is 4.72 Å². The molecule has 7 nitrogen and oxygen atoms in total. The van der Waals surface area contributed by atoms with Gasteiger partial charge in [0, 0.05) is 23.3 Å². The summed E-state index contributed by atoms with van der Waals surface area (Å²) < 4.78 is 43.8. The van der Waals surface area contributed by atoms with Gasteiger partial charge in [-0.15, -0.1) is 11.3 Å². The van der Waals surface area contributed by atoms with Crippen molar-refractivity contribution in [1.29, 1.82) is 0 Å². The lowest BCUT2D eigenvalue weighted by molar-refractivity contribution is 0.570. The average molecular weight is 458 g/mol. The van der Waals surface area contributed by atoms with Crippen LogP contribution in [0.15, 0.2) is 58.9 Å². The zero-order valence-corrected chi connectivity index (χ0v) is 18.7. The summed E-state index contributed by atoms with van der Waals surface area (Å²) in [6.45, 7) is 5.87. The molecule has 0 saturated carbocycles. The first-order chi connectivity index (χ1) is 14.7. The van der Waals surface area contributed by atoms with Crippen LogP contribution >= 0.6 is 11.3 Å². The second-order valence-corrected chi connectivity index (χ2v) is 9.58. The van der Waals surface area contributed by atoms with Gasteiger partial charge in [-0.2, -0.15) is 5.10 Å². The molecule has 160 valence electrons. The lowest BCUT2D eigenvalue weighted by atomic mass is 10.1. The smallest absolute Gasteiger partial charge is 0.266 e. The van der Waals surface area contributed by atoms with E-state index in [9.17, 15) is 12.8 Å². The fourth-order valence-corrected chi connectivity index (χ4v) is 5.14. The SMILES string of the molecule is Cc1cc(Nc2ccc(S(=O)(=O)Nc3nccs3)c(F)c2)n(-c2c(C)cccc2C)n1. The van der Waals surface area contributed by atoms with E-state index in [0.717, 1.165) is 39.9 Å². The number of para-hydroxylation sites is 1. The predicted octanol–water partition coefficient (Wildman–Crippen LogP) is 4.94. The number of anilines is 3. The molecule has 0 aliphatic rings. The van der Waals surface area contributed by atoms with Crippen LogP contribution in [0.1, 0.15) is 16.8 Å². The van der Waals surface area contributed by atoms with Gasteiger partial charge in [-0.1, -0.05) is 18.2 Å². The first-order valence-electron chi connectivity index (χ1n) is 9.37. The van der Waals surface area contributed by atoms with Crippen LogP contribution in [-0.4, -0.2) is 23.2 Å². The number of aromatic nitrogens is 3. The van der Waals surface area contributed by atoms with E-state index in [1.54, 1.807) is 10.1 Å². The van der Waals surface area contributed by atoms with Gasteiger partial charge in [0.25, 0.3) is 10.0 Å². The molecule has 0 unspecified atom stereocenters. The molecule has 2 heterocycles. The predicted molar refractivity (Wildman–Crippen MR) is 120 cm³/mol. The van der Waals surface area contributed by atoms with E-state index in [4.69, 9.17) is 0 Å². The Morgan fingerprint density at radius 3 is 2.45 bits per heavy atom. The Balaban J connectivity index is 1.65. The number of sulfonamides is 1. The Labute approximate surface area is 183 Å². The summed E-state index contributed by atoms with van der Waals surface area (Å²) in [6, 6.07) is 11.7. The van der Waals surface area contributed by atoms with Crippen LogP contribution in [-0.2, 0) is 10.0 Å². The molecule has 0 radical (unpaired) electrons. The first-order valence-corrected chi connectivity index (χ1v) is 11.7. The molecular weight excluding hydrogens is 437 g/mol. The second-order valence-electron chi connectivity index (χ2n) is 7.04. The average Bonchev–Trinajstić information content (AvgIpc) is 3.31. The van der Waals surface area contributed by atoms with Crippen LogP contribution < -0.4 is 10.0 Å². The number of benzene rings is 2. The second kappa shape index (κ2) is 8.12. The first kappa shape index (κ1) is 21.0. The number of thiazole rings is 1. The summed E-state index contributed by atoms with van der Waals surface area (Å²) in [5, 5.41) is 9.52. The van der Waals surface area contributed by atoms with Crippen molar-refractivity contribution >= 4 is 38.0 Å². The third kappa shape index (κ3) is 4.30. The van der Waals surface area contributed by atoms with Gasteiger partial charge in [0.05, 0.1) is 11.4 Å². The zero-order chi connectivity index (χ0) is 22.2.